The summed E-state index contributed by atoms with van der Waals surface area (Å²) in [4.78, 5) is 36.0. The average molecular weight is 1110 g/mol. The van der Waals surface area contributed by atoms with Gasteiger partial charge in [-0.25, -0.2) is 4.79 Å². The van der Waals surface area contributed by atoms with Gasteiger partial charge in [0.05, 0.1) is 62.2 Å². The largest absolute Gasteiger partial charge is 0.501 e. The van der Waals surface area contributed by atoms with Gasteiger partial charge in [-0.3, -0.25) is 20.2 Å². The number of non-ortho nitro benzene ring substituents is 1. The molecule has 0 aromatic heterocycles. The van der Waals surface area contributed by atoms with Crippen LogP contribution in [0.25, 0.3) is 0 Å². The first-order valence-electron chi connectivity index (χ1n) is 26.3. The van der Waals surface area contributed by atoms with E-state index in [1.807, 2.05) is 182 Å². The highest BCUT2D eigenvalue weighted by Gasteiger charge is 2.55. The quantitative estimate of drug-likeness (QED) is 0.0287. The van der Waals surface area contributed by atoms with Gasteiger partial charge in [0.1, 0.15) is 61.0 Å². The van der Waals surface area contributed by atoms with Crippen molar-refractivity contribution in [2.45, 2.75) is 101 Å². The van der Waals surface area contributed by atoms with Crippen molar-refractivity contribution >= 4 is 17.3 Å². The maximum atomic E-state index is 14.1. The van der Waals surface area contributed by atoms with E-state index in [0.717, 1.165) is 33.4 Å². The molecule has 19 heteroatoms. The van der Waals surface area contributed by atoms with Crippen molar-refractivity contribution in [1.82, 2.24) is 0 Å². The van der Waals surface area contributed by atoms with E-state index in [4.69, 9.17) is 52.1 Å². The van der Waals surface area contributed by atoms with E-state index in [2.05, 4.69) is 0 Å². The summed E-state index contributed by atoms with van der Waals surface area (Å²) in [7, 11) is 1.41. The van der Waals surface area contributed by atoms with Gasteiger partial charge in [0.15, 0.2) is 12.6 Å². The molecule has 10 atom stereocenters. The molecule has 0 unspecified atom stereocenters. The molecule has 0 amide bonds. The molecular weight excluding hydrogens is 1040 g/mol. The molecule has 7 aromatic carbocycles. The monoisotopic (exact) mass is 1110 g/mol. The van der Waals surface area contributed by atoms with Crippen LogP contribution >= 0.6 is 0 Å². The second-order valence-corrected chi connectivity index (χ2v) is 19.2. The van der Waals surface area contributed by atoms with Crippen LogP contribution < -0.4 is 0 Å². The van der Waals surface area contributed by atoms with Gasteiger partial charge in [0, 0.05) is 13.2 Å². The van der Waals surface area contributed by atoms with E-state index < -0.39 is 107 Å². The predicted octanol–water partition coefficient (Wildman–Crippen LogP) is 9.99. The van der Waals surface area contributed by atoms with Crippen LogP contribution in [0.4, 0.5) is 11.4 Å². The van der Waals surface area contributed by atoms with Crippen molar-refractivity contribution in [3.8, 4) is 5.75 Å². The number of nitrogens with zero attached hydrogens (tertiary/aromatic N) is 2. The van der Waals surface area contributed by atoms with Crippen molar-refractivity contribution in [3.63, 3.8) is 0 Å². The zero-order valence-corrected chi connectivity index (χ0v) is 44.3. The molecule has 0 saturated carbocycles. The number of ether oxygens (including phenoxy) is 11. The summed E-state index contributed by atoms with van der Waals surface area (Å²) in [5, 5.41) is 34.9. The van der Waals surface area contributed by atoms with Crippen LogP contribution in [-0.4, -0.2) is 103 Å². The summed E-state index contributed by atoms with van der Waals surface area (Å²) in [6, 6.07) is 58.5. The predicted molar refractivity (Wildman–Crippen MR) is 292 cm³/mol. The van der Waals surface area contributed by atoms with Gasteiger partial charge in [0.25, 0.3) is 5.69 Å². The van der Waals surface area contributed by atoms with E-state index in [9.17, 15) is 30.1 Å². The number of hydrogen-bond donors (Lipinski definition) is 1. The molecule has 422 valence electrons. The van der Waals surface area contributed by atoms with Crippen molar-refractivity contribution < 1.29 is 71.9 Å². The smallest absolute Gasteiger partial charge is 0.342 e. The van der Waals surface area contributed by atoms with Crippen LogP contribution in [0.15, 0.2) is 194 Å². The minimum absolute atomic E-state index is 0.0123. The molecule has 0 aliphatic carbocycles. The van der Waals surface area contributed by atoms with Crippen LogP contribution in [0.2, 0.25) is 0 Å². The molecule has 1 N–H and O–H groups in total. The zero-order chi connectivity index (χ0) is 56.3. The second-order valence-electron chi connectivity index (χ2n) is 19.2. The molecule has 0 radical (unpaired) electrons. The third kappa shape index (κ3) is 15.8. The Morgan fingerprint density at radius 2 is 0.840 bits per heavy atom. The molecule has 2 saturated heterocycles. The summed E-state index contributed by atoms with van der Waals surface area (Å²) in [5.74, 6) is -2.48. The highest BCUT2D eigenvalue weighted by molar-refractivity contribution is 5.95. The highest BCUT2D eigenvalue weighted by Crippen LogP contribution is 2.38. The summed E-state index contributed by atoms with van der Waals surface area (Å²) in [6.07, 6.45) is -11.3. The van der Waals surface area contributed by atoms with Gasteiger partial charge in [-0.15, -0.1) is 0 Å². The third-order valence-electron chi connectivity index (χ3n) is 13.6. The van der Waals surface area contributed by atoms with E-state index in [-0.39, 0.29) is 46.2 Å². The molecule has 81 heavy (non-hydrogen) atoms. The van der Waals surface area contributed by atoms with E-state index in [0.29, 0.717) is 12.1 Å². The molecule has 2 aliphatic rings. The zero-order valence-electron chi connectivity index (χ0n) is 44.3. The van der Waals surface area contributed by atoms with E-state index in [1.54, 1.807) is 0 Å². The lowest BCUT2D eigenvalue weighted by Crippen LogP contribution is -2.66. The second kappa shape index (κ2) is 29.1. The number of esters is 1. The number of carbonyl (C=O) groups is 1. The summed E-state index contributed by atoms with van der Waals surface area (Å²) < 4.78 is 73.9. The molecule has 0 bridgehead atoms. The number of benzene rings is 7. The Morgan fingerprint density at radius 3 is 1.26 bits per heavy atom. The molecule has 19 nitrogen and oxygen atoms in total. The molecule has 2 heterocycles. The summed E-state index contributed by atoms with van der Waals surface area (Å²) >= 11 is 0. The Bertz CT molecular complexity index is 3060. The summed E-state index contributed by atoms with van der Waals surface area (Å²) in [5.41, 5.74) is 2.35. The number of phenols is 1. The van der Waals surface area contributed by atoms with E-state index >= 15 is 0 Å². The van der Waals surface area contributed by atoms with Gasteiger partial charge >= 0.3 is 11.7 Å². The third-order valence-corrected chi connectivity index (χ3v) is 13.6. The molecular formula is C62H62N2O17. The minimum atomic E-state index is -1.39. The number of carbonyl (C=O) groups excluding carboxylic acids is 1. The van der Waals surface area contributed by atoms with Crippen molar-refractivity contribution in [3.05, 3.63) is 253 Å². The number of nitro benzene ring substituents is 2. The fourth-order valence-corrected chi connectivity index (χ4v) is 9.52. The maximum Gasteiger partial charge on any atom is 0.342 e. The van der Waals surface area contributed by atoms with Crippen molar-refractivity contribution in [1.29, 1.82) is 0 Å². The number of phenolic OH excluding ortho intramolecular Hbond substituents is 1. The average Bonchev–Trinajstić information content (AvgIpc) is 3.58. The Labute approximate surface area is 468 Å². The lowest BCUT2D eigenvalue weighted by atomic mass is 9.95. The molecule has 2 aliphatic heterocycles. The Balaban J connectivity index is 1.14. The van der Waals surface area contributed by atoms with Crippen molar-refractivity contribution in [2.24, 2.45) is 0 Å². The number of nitro groups is 2. The Kier molecular flexibility index (Phi) is 20.8. The van der Waals surface area contributed by atoms with Gasteiger partial charge in [0.2, 0.25) is 5.75 Å². The SMILES string of the molecule is CO[C@H]1O[C@H](COC(=O)c2cc([N+](=O)[O-])cc([N+](=O)[O-])c2O)[C@@H](O[C@H]2O[C@H](COCc3ccccc3)[C@@H](OCc3ccccc3)[C@H](OCc3ccccc3)[C@@H]2OCc2ccccc2)[C@H](OCc2ccccc2)[C@H]1OCc1ccccc1. The Hall–Kier alpha value is -7.79. The first-order chi connectivity index (χ1) is 39.6. The summed E-state index contributed by atoms with van der Waals surface area (Å²) in [6.45, 7) is -0.0737. The van der Waals surface area contributed by atoms with Crippen molar-refractivity contribution in [2.75, 3.05) is 20.3 Å². The first-order valence-corrected chi connectivity index (χ1v) is 26.3. The molecule has 2 fully saturated rings. The lowest BCUT2D eigenvalue weighted by Gasteiger charge is -2.50. The number of methoxy groups -OCH3 is 1. The fourth-order valence-electron chi connectivity index (χ4n) is 9.52. The minimum Gasteiger partial charge on any atom is -0.501 e. The van der Waals surface area contributed by atoms with Gasteiger partial charge in [-0.05, 0) is 33.4 Å². The topological polar surface area (TPSA) is 225 Å². The maximum absolute atomic E-state index is 14.1. The Morgan fingerprint density at radius 1 is 0.469 bits per heavy atom. The van der Waals surface area contributed by atoms with Crippen LogP contribution in [0, 0.1) is 20.2 Å². The van der Waals surface area contributed by atoms with Gasteiger partial charge in [-0.2, -0.15) is 0 Å². The number of rotatable bonds is 27. The van der Waals surface area contributed by atoms with Crippen LogP contribution in [0.5, 0.6) is 5.75 Å². The van der Waals surface area contributed by atoms with Gasteiger partial charge < -0.3 is 57.2 Å². The molecule has 7 aromatic rings. The van der Waals surface area contributed by atoms with Crippen LogP contribution in [0.1, 0.15) is 43.7 Å². The normalized spacial score (nSPS) is 22.6. The number of hydrogen-bond acceptors (Lipinski definition) is 17. The van der Waals surface area contributed by atoms with Gasteiger partial charge in [-0.1, -0.05) is 182 Å². The molecule has 0 spiro atoms. The standard InChI is InChI=1S/C62H62N2O17/c1-71-61-58(76-38-46-28-16-6-17-29-46)57(75-37-45-26-14-5-15-27-45)55(52(79-61)41-78-60(66)49-32-48(63(67)68)33-50(53(49)65)64(69)70)81-62-59(77-39-47-30-18-7-19-31-47)56(74-36-44-24-12-4-13-25-44)54(73-35-43-22-10-3-11-23-43)51(80-62)40-72-34-42-20-8-2-9-21-42/h2-33,51-52,54-59,61-62,65H,34-41H2,1H3/t51-,52-,54-,55-,56+,57+,58-,59+,61+,62-/m1/s1. The lowest BCUT2D eigenvalue weighted by molar-refractivity contribution is -0.394. The van der Waals surface area contributed by atoms with E-state index in [1.165, 1.54) is 7.11 Å². The fraction of sp³-hybridized carbons (Fsp3) is 0.306. The first kappa shape index (κ1) is 57.9. The van der Waals surface area contributed by atoms with Crippen LogP contribution in [0.3, 0.4) is 0 Å². The number of aromatic hydroxyl groups is 1. The highest BCUT2D eigenvalue weighted by atomic mass is 16.8. The molecule has 9 rings (SSSR count). The van der Waals surface area contributed by atoms with Crippen LogP contribution in [-0.2, 0) is 91.7 Å².